The molecule has 0 saturated carbocycles. The Morgan fingerprint density at radius 2 is 1.09 bits per heavy atom. The second-order valence-electron chi connectivity index (χ2n) is 7.87. The molecule has 35 heavy (non-hydrogen) atoms. The summed E-state index contributed by atoms with van der Waals surface area (Å²) in [6.45, 7) is 0. The number of hydrogen-bond acceptors (Lipinski definition) is 3. The Labute approximate surface area is 212 Å². The first kappa shape index (κ1) is 22.8. The third-order valence-corrected chi connectivity index (χ3v) is 7.12. The molecule has 0 bridgehead atoms. The van der Waals surface area contributed by atoms with E-state index in [1.54, 1.807) is 24.3 Å². The molecule has 5 aromatic rings. The molecule has 0 radical (unpaired) electrons. The normalized spacial score (nSPS) is 10.7. The summed E-state index contributed by atoms with van der Waals surface area (Å²) in [5.41, 5.74) is 4.30. The molecule has 5 heteroatoms. The maximum Gasteiger partial charge on any atom is 0.266 e. The van der Waals surface area contributed by atoms with Gasteiger partial charge in [-0.2, -0.15) is 0 Å². The van der Waals surface area contributed by atoms with E-state index in [9.17, 15) is 9.59 Å². The fraction of sp³-hybridized carbons (Fsp3) is 0. The summed E-state index contributed by atoms with van der Waals surface area (Å²) in [5.74, 6) is -0.435. The molecule has 0 saturated heterocycles. The van der Waals surface area contributed by atoms with Crippen LogP contribution >= 0.6 is 22.9 Å². The minimum atomic E-state index is -0.314. The van der Waals surface area contributed by atoms with Crippen LogP contribution in [-0.4, -0.2) is 11.7 Å². The molecule has 1 heterocycles. The lowest BCUT2D eigenvalue weighted by molar-refractivity contribution is 0.102. The highest BCUT2D eigenvalue weighted by atomic mass is 35.5. The lowest BCUT2D eigenvalue weighted by atomic mass is 9.92. The third-order valence-electron chi connectivity index (χ3n) is 5.60. The van der Waals surface area contributed by atoms with Crippen LogP contribution in [-0.2, 0) is 0 Å². The van der Waals surface area contributed by atoms with Crippen molar-refractivity contribution >= 4 is 40.3 Å². The van der Waals surface area contributed by atoms with Crippen molar-refractivity contribution in [3.63, 3.8) is 0 Å². The molecule has 0 aliphatic carbocycles. The van der Waals surface area contributed by atoms with Crippen LogP contribution in [0.5, 0.6) is 0 Å². The zero-order valence-electron chi connectivity index (χ0n) is 18.6. The lowest BCUT2D eigenvalue weighted by Gasteiger charge is -2.11. The number of anilines is 1. The highest BCUT2D eigenvalue weighted by Gasteiger charge is 2.29. The first-order valence-electron chi connectivity index (χ1n) is 11.1. The van der Waals surface area contributed by atoms with Crippen molar-refractivity contribution in [3.05, 3.63) is 136 Å². The highest BCUT2D eigenvalue weighted by molar-refractivity contribution is 7.17. The van der Waals surface area contributed by atoms with Crippen molar-refractivity contribution in [3.8, 4) is 22.3 Å². The van der Waals surface area contributed by atoms with Gasteiger partial charge < -0.3 is 5.32 Å². The average molecular weight is 494 g/mol. The molecule has 4 aromatic carbocycles. The molecule has 5 rings (SSSR count). The number of ketones is 1. The molecule has 0 fully saturated rings. The summed E-state index contributed by atoms with van der Waals surface area (Å²) in [6.07, 6.45) is 0. The van der Waals surface area contributed by atoms with Crippen LogP contribution in [0.2, 0.25) is 5.02 Å². The zero-order valence-corrected chi connectivity index (χ0v) is 20.1. The van der Waals surface area contributed by atoms with Gasteiger partial charge in [0.25, 0.3) is 5.91 Å². The number of carbonyl (C=O) groups excluding carboxylic acids is 2. The van der Waals surface area contributed by atoms with E-state index in [0.717, 1.165) is 22.3 Å². The summed E-state index contributed by atoms with van der Waals surface area (Å²) < 4.78 is 0. The molecule has 0 aliphatic rings. The van der Waals surface area contributed by atoms with Crippen LogP contribution in [0.25, 0.3) is 22.3 Å². The van der Waals surface area contributed by atoms with Gasteiger partial charge in [-0.1, -0.05) is 115 Å². The quantitative estimate of drug-likeness (QED) is 0.242. The van der Waals surface area contributed by atoms with Crippen molar-refractivity contribution in [2.24, 2.45) is 0 Å². The van der Waals surface area contributed by atoms with Gasteiger partial charge in [0, 0.05) is 16.7 Å². The molecule has 170 valence electrons. The largest absolute Gasteiger partial charge is 0.320 e. The van der Waals surface area contributed by atoms with Gasteiger partial charge in [0.05, 0.1) is 15.6 Å². The standard InChI is InChI=1S/C30H20ClNO2S/c31-23-18-10-11-19-24(23)32-30(34)29-26(21-14-6-2-7-15-21)25(20-12-4-1-5-13-20)28(35-29)27(33)22-16-8-3-9-17-22/h1-19H,(H,32,34). The molecule has 3 nitrogen and oxygen atoms in total. The van der Waals surface area contributed by atoms with Crippen molar-refractivity contribution in [1.29, 1.82) is 0 Å². The Hall–Kier alpha value is -3.99. The predicted molar refractivity (Wildman–Crippen MR) is 144 cm³/mol. The van der Waals surface area contributed by atoms with Crippen molar-refractivity contribution in [2.45, 2.75) is 0 Å². The maximum atomic E-state index is 13.7. The van der Waals surface area contributed by atoms with E-state index in [-0.39, 0.29) is 11.7 Å². The van der Waals surface area contributed by atoms with E-state index >= 15 is 0 Å². The molecule has 1 amide bonds. The molecular weight excluding hydrogens is 474 g/mol. The number of rotatable bonds is 6. The second kappa shape index (κ2) is 10.1. The number of nitrogens with one attached hydrogen (secondary N) is 1. The molecule has 1 aromatic heterocycles. The van der Waals surface area contributed by atoms with E-state index in [4.69, 9.17) is 11.6 Å². The Morgan fingerprint density at radius 1 is 0.600 bits per heavy atom. The second-order valence-corrected chi connectivity index (χ2v) is 9.30. The fourth-order valence-corrected chi connectivity index (χ4v) is 5.36. The molecular formula is C30H20ClNO2S. The van der Waals surface area contributed by atoms with Crippen molar-refractivity contribution in [2.75, 3.05) is 5.32 Å². The molecule has 0 unspecified atom stereocenters. The average Bonchev–Trinajstić information content (AvgIpc) is 3.32. The van der Waals surface area contributed by atoms with E-state index in [0.29, 0.717) is 26.0 Å². The summed E-state index contributed by atoms with van der Waals surface area (Å²) in [5, 5.41) is 3.38. The van der Waals surface area contributed by atoms with Crippen molar-refractivity contribution < 1.29 is 9.59 Å². The van der Waals surface area contributed by atoms with E-state index in [2.05, 4.69) is 5.32 Å². The van der Waals surface area contributed by atoms with E-state index in [1.807, 2.05) is 91.0 Å². The molecule has 0 atom stereocenters. The lowest BCUT2D eigenvalue weighted by Crippen LogP contribution is -2.11. The Bertz CT molecular complexity index is 1500. The van der Waals surface area contributed by atoms with Gasteiger partial charge in [0.1, 0.15) is 4.88 Å². The zero-order chi connectivity index (χ0) is 24.2. The fourth-order valence-electron chi connectivity index (χ4n) is 3.97. The first-order chi connectivity index (χ1) is 17.1. The summed E-state index contributed by atoms with van der Waals surface area (Å²) in [6, 6.07) is 35.7. The highest BCUT2D eigenvalue weighted by Crippen LogP contribution is 2.44. The molecule has 0 spiro atoms. The Kier molecular flexibility index (Phi) is 6.57. The first-order valence-corrected chi connectivity index (χ1v) is 12.3. The minimum Gasteiger partial charge on any atom is -0.320 e. The SMILES string of the molecule is O=C(Nc1ccccc1Cl)c1sc(C(=O)c2ccccc2)c(-c2ccccc2)c1-c1ccccc1. The number of thiophene rings is 1. The van der Waals surface area contributed by atoms with Crippen LogP contribution in [0, 0.1) is 0 Å². The van der Waals surface area contributed by atoms with Gasteiger partial charge in [-0.05, 0) is 23.3 Å². The number of para-hydroxylation sites is 1. The number of halogens is 1. The van der Waals surface area contributed by atoms with E-state index < -0.39 is 0 Å². The number of carbonyl (C=O) groups is 2. The van der Waals surface area contributed by atoms with Gasteiger partial charge in [0.2, 0.25) is 5.78 Å². The molecule has 0 aliphatic heterocycles. The van der Waals surface area contributed by atoms with Gasteiger partial charge in [-0.25, -0.2) is 0 Å². The Morgan fingerprint density at radius 3 is 1.66 bits per heavy atom. The van der Waals surface area contributed by atoms with Crippen LogP contribution in [0.1, 0.15) is 24.9 Å². The summed E-state index contributed by atoms with van der Waals surface area (Å²) in [4.78, 5) is 28.3. The van der Waals surface area contributed by atoms with Crippen LogP contribution in [0.4, 0.5) is 5.69 Å². The van der Waals surface area contributed by atoms with Crippen LogP contribution < -0.4 is 5.32 Å². The third kappa shape index (κ3) is 4.67. The van der Waals surface area contributed by atoms with Crippen molar-refractivity contribution in [1.82, 2.24) is 0 Å². The van der Waals surface area contributed by atoms with Crippen LogP contribution in [0.3, 0.4) is 0 Å². The summed E-state index contributed by atoms with van der Waals surface area (Å²) in [7, 11) is 0. The number of hydrogen-bond donors (Lipinski definition) is 1. The van der Waals surface area contributed by atoms with E-state index in [1.165, 1.54) is 11.3 Å². The number of benzene rings is 4. The summed E-state index contributed by atoms with van der Waals surface area (Å²) >= 11 is 7.52. The maximum absolute atomic E-state index is 13.7. The number of amides is 1. The Balaban J connectivity index is 1.75. The topological polar surface area (TPSA) is 46.2 Å². The van der Waals surface area contributed by atoms with Gasteiger partial charge >= 0.3 is 0 Å². The van der Waals surface area contributed by atoms with Gasteiger partial charge in [-0.15, -0.1) is 11.3 Å². The monoisotopic (exact) mass is 493 g/mol. The van der Waals surface area contributed by atoms with Crippen LogP contribution in [0.15, 0.2) is 115 Å². The molecule has 1 N–H and O–H groups in total. The van der Waals surface area contributed by atoms with Gasteiger partial charge in [-0.3, -0.25) is 9.59 Å². The minimum absolute atomic E-state index is 0.122. The van der Waals surface area contributed by atoms with Gasteiger partial charge in [0.15, 0.2) is 0 Å². The smallest absolute Gasteiger partial charge is 0.266 e. The predicted octanol–water partition coefficient (Wildman–Crippen LogP) is 8.22.